The number of hydrogen-bond donors (Lipinski definition) is 2. The van der Waals surface area contributed by atoms with Crippen LogP contribution >= 0.6 is 0 Å². The second-order valence-corrected chi connectivity index (χ2v) is 16.8. The molecule has 0 saturated carbocycles. The highest BCUT2D eigenvalue weighted by Gasteiger charge is 2.22. The summed E-state index contributed by atoms with van der Waals surface area (Å²) in [6.45, 7) is 1.45. The van der Waals surface area contributed by atoms with Crippen LogP contribution in [0.15, 0.2) is 174 Å². The lowest BCUT2D eigenvalue weighted by atomic mass is 9.91. The Morgan fingerprint density at radius 3 is 1.40 bits per heavy atom. The Hall–Kier alpha value is -8.58. The van der Waals surface area contributed by atoms with Gasteiger partial charge in [-0.15, -0.1) is 15.3 Å². The van der Waals surface area contributed by atoms with Gasteiger partial charge in [-0.2, -0.15) is 5.11 Å². The average molecular weight is 901 g/mol. The zero-order valence-corrected chi connectivity index (χ0v) is 37.4. The summed E-state index contributed by atoms with van der Waals surface area (Å²) in [6, 6.07) is 49.2. The third kappa shape index (κ3) is 9.97. The van der Waals surface area contributed by atoms with Crippen LogP contribution in [0.4, 0.5) is 11.4 Å². The standard InChI is InChI=1S/C55H48N8O5/c1-66-51-24-9-8-23-50(51)59-56-47-29-45-27-43-21-11-19-41(54(43)67-35-48-33-62(60-57-48)31-37-13-4-2-5-14-37)25-39-17-10-18-40(52(39)64)26-42-20-12-22-44(28-46(30-47)53(45)65)55(42)68-36-49-34-63(61-58-49)32-38-15-6-3-7-16-38/h2-24,29-30,33-34,64-65H,25-28,31-32,35-36H2,1H3. The Kier molecular flexibility index (Phi) is 12.7. The molecule has 9 aromatic rings. The Balaban J connectivity index is 1.04. The van der Waals surface area contributed by atoms with Crippen LogP contribution in [-0.4, -0.2) is 47.3 Å². The van der Waals surface area contributed by atoms with Crippen LogP contribution in [0.5, 0.6) is 28.7 Å². The summed E-state index contributed by atoms with van der Waals surface area (Å²) in [5.74, 6) is 2.17. The number of fused-ring (bicyclic) bond motifs is 8. The van der Waals surface area contributed by atoms with Crippen LogP contribution in [0.3, 0.4) is 0 Å². The minimum atomic E-state index is 0.122. The summed E-state index contributed by atoms with van der Waals surface area (Å²) in [5.41, 5.74) is 10.7. The number of aromatic hydroxyl groups is 2. The summed E-state index contributed by atoms with van der Waals surface area (Å²) in [4.78, 5) is 0. The van der Waals surface area contributed by atoms with Gasteiger partial charge in [0.2, 0.25) is 0 Å². The molecule has 10 rings (SSSR count). The van der Waals surface area contributed by atoms with E-state index in [2.05, 4.69) is 50.0 Å². The largest absolute Gasteiger partial charge is 0.507 e. The Labute approximate surface area is 393 Å². The van der Waals surface area contributed by atoms with Crippen molar-refractivity contribution in [3.05, 3.63) is 231 Å². The number of rotatable bonds is 13. The van der Waals surface area contributed by atoms with Crippen LogP contribution in [0.2, 0.25) is 0 Å². The average Bonchev–Trinajstić information content (AvgIpc) is 4.02. The molecular weight excluding hydrogens is 853 g/mol. The molecule has 0 atom stereocenters. The molecule has 0 radical (unpaired) electrons. The van der Waals surface area contributed by atoms with Gasteiger partial charge in [-0.1, -0.05) is 138 Å². The first-order valence-corrected chi connectivity index (χ1v) is 22.4. The second kappa shape index (κ2) is 19.9. The molecule has 338 valence electrons. The van der Waals surface area contributed by atoms with Gasteiger partial charge in [-0.3, -0.25) is 0 Å². The molecule has 0 saturated heterocycles. The van der Waals surface area contributed by atoms with E-state index in [1.165, 1.54) is 0 Å². The number of methoxy groups -OCH3 is 1. The first-order valence-electron chi connectivity index (χ1n) is 22.4. The van der Waals surface area contributed by atoms with E-state index in [1.54, 1.807) is 16.5 Å². The number of ether oxygens (including phenoxy) is 3. The van der Waals surface area contributed by atoms with Crippen LogP contribution < -0.4 is 14.2 Å². The van der Waals surface area contributed by atoms with Crippen molar-refractivity contribution in [1.29, 1.82) is 0 Å². The number of hydrogen-bond acceptors (Lipinski definition) is 11. The topological polar surface area (TPSA) is 154 Å². The van der Waals surface area contributed by atoms with Gasteiger partial charge in [0.15, 0.2) is 0 Å². The molecule has 0 unspecified atom stereocenters. The van der Waals surface area contributed by atoms with E-state index in [4.69, 9.17) is 19.3 Å². The zero-order chi connectivity index (χ0) is 46.2. The summed E-state index contributed by atoms with van der Waals surface area (Å²) in [7, 11) is 1.60. The van der Waals surface area contributed by atoms with Crippen molar-refractivity contribution in [3.8, 4) is 28.7 Å². The first kappa shape index (κ1) is 43.3. The fourth-order valence-corrected chi connectivity index (χ4v) is 8.64. The van der Waals surface area contributed by atoms with Gasteiger partial charge in [0.25, 0.3) is 0 Å². The lowest BCUT2D eigenvalue weighted by molar-refractivity contribution is 0.295. The van der Waals surface area contributed by atoms with Crippen molar-refractivity contribution in [2.75, 3.05) is 7.11 Å². The van der Waals surface area contributed by atoms with E-state index in [-0.39, 0.29) is 37.6 Å². The van der Waals surface area contributed by atoms with Crippen LogP contribution in [0.1, 0.15) is 67.0 Å². The van der Waals surface area contributed by atoms with Crippen molar-refractivity contribution in [1.82, 2.24) is 30.0 Å². The lowest BCUT2D eigenvalue weighted by Gasteiger charge is -2.20. The summed E-state index contributed by atoms with van der Waals surface area (Å²) >= 11 is 0. The van der Waals surface area contributed by atoms with Crippen molar-refractivity contribution < 1.29 is 24.4 Å². The van der Waals surface area contributed by atoms with Gasteiger partial charge < -0.3 is 24.4 Å². The maximum absolute atomic E-state index is 12.4. The number of phenolic OH excluding ortho intramolecular Hbond substituents is 2. The van der Waals surface area contributed by atoms with Crippen LogP contribution in [0, 0.1) is 0 Å². The molecule has 2 heterocycles. The molecule has 13 nitrogen and oxygen atoms in total. The number of benzene rings is 7. The number of aromatic nitrogens is 6. The van der Waals surface area contributed by atoms with E-state index >= 15 is 0 Å². The maximum Gasteiger partial charge on any atom is 0.146 e. The molecule has 0 spiro atoms. The highest BCUT2D eigenvalue weighted by Crippen LogP contribution is 2.40. The van der Waals surface area contributed by atoms with E-state index in [0.717, 1.165) is 44.5 Å². The van der Waals surface area contributed by atoms with Crippen molar-refractivity contribution in [2.45, 2.75) is 52.0 Å². The molecule has 8 bridgehead atoms. The third-order valence-corrected chi connectivity index (χ3v) is 12.0. The number of phenols is 2. The Bertz CT molecular complexity index is 3040. The van der Waals surface area contributed by atoms with E-state index in [1.807, 2.05) is 140 Å². The third-order valence-electron chi connectivity index (χ3n) is 12.0. The zero-order valence-electron chi connectivity index (χ0n) is 37.4. The highest BCUT2D eigenvalue weighted by molar-refractivity contribution is 5.59. The second-order valence-electron chi connectivity index (χ2n) is 16.8. The Morgan fingerprint density at radius 1 is 0.485 bits per heavy atom. The van der Waals surface area contributed by atoms with Crippen molar-refractivity contribution >= 4 is 11.4 Å². The number of nitrogens with zero attached hydrogens (tertiary/aromatic N) is 8. The molecule has 0 fully saturated rings. The molecule has 1 aliphatic carbocycles. The molecule has 2 aromatic heterocycles. The van der Waals surface area contributed by atoms with Gasteiger partial charge >= 0.3 is 0 Å². The molecule has 1 aliphatic rings. The predicted molar refractivity (Wildman–Crippen MR) is 257 cm³/mol. The molecule has 0 amide bonds. The van der Waals surface area contributed by atoms with Gasteiger partial charge in [0, 0.05) is 36.8 Å². The van der Waals surface area contributed by atoms with E-state index in [0.29, 0.717) is 77.1 Å². The van der Waals surface area contributed by atoms with Crippen molar-refractivity contribution in [3.63, 3.8) is 0 Å². The van der Waals surface area contributed by atoms with Crippen LogP contribution in [-0.2, 0) is 52.0 Å². The van der Waals surface area contributed by atoms with Gasteiger partial charge in [-0.05, 0) is 68.8 Å². The molecular formula is C55H48N8O5. The highest BCUT2D eigenvalue weighted by atomic mass is 16.5. The van der Waals surface area contributed by atoms with Crippen LogP contribution in [0.25, 0.3) is 0 Å². The SMILES string of the molecule is COc1ccccc1N=Nc1cc2c(O)c(c1)Cc1cccc(c1OCc1cn(Cc3ccccc3)nn1)Cc1cccc(c1O)Cc1cccc(c1OCc1cn(Cc3ccccc3)nn1)C2. The van der Waals surface area contributed by atoms with E-state index in [9.17, 15) is 10.2 Å². The fraction of sp³-hybridized carbons (Fsp3) is 0.164. The van der Waals surface area contributed by atoms with Gasteiger partial charge in [0.1, 0.15) is 59.0 Å². The minimum absolute atomic E-state index is 0.122. The Morgan fingerprint density at radius 2 is 0.912 bits per heavy atom. The normalized spacial score (nSPS) is 12.2. The van der Waals surface area contributed by atoms with Crippen molar-refractivity contribution in [2.24, 2.45) is 10.2 Å². The van der Waals surface area contributed by atoms with Gasteiger partial charge in [-0.25, -0.2) is 9.36 Å². The maximum atomic E-state index is 12.4. The van der Waals surface area contributed by atoms with E-state index < -0.39 is 0 Å². The predicted octanol–water partition coefficient (Wildman–Crippen LogP) is 10.6. The van der Waals surface area contributed by atoms with Gasteiger partial charge in [0.05, 0.1) is 38.3 Å². The molecule has 68 heavy (non-hydrogen) atoms. The smallest absolute Gasteiger partial charge is 0.146 e. The quantitative estimate of drug-likeness (QED) is 0.108. The monoisotopic (exact) mass is 900 g/mol. The fourth-order valence-electron chi connectivity index (χ4n) is 8.64. The first-order chi connectivity index (χ1) is 33.4. The minimum Gasteiger partial charge on any atom is -0.507 e. The number of para-hydroxylation sites is 4. The summed E-state index contributed by atoms with van der Waals surface area (Å²) in [5, 5.41) is 51.3. The number of azo groups is 1. The molecule has 2 N–H and O–H groups in total. The molecule has 7 aromatic carbocycles. The summed E-state index contributed by atoms with van der Waals surface area (Å²) in [6.07, 6.45) is 5.09. The molecule has 13 heteroatoms. The molecule has 0 aliphatic heterocycles. The lowest BCUT2D eigenvalue weighted by Crippen LogP contribution is -2.07. The summed E-state index contributed by atoms with van der Waals surface area (Å²) < 4.78 is 22.6.